The number of aliphatic hydroxyl groups excluding tert-OH is 1. The minimum atomic E-state index is -0.577. The van der Waals surface area contributed by atoms with Crippen molar-refractivity contribution in [2.75, 3.05) is 12.3 Å². The maximum absolute atomic E-state index is 10.5. The van der Waals surface area contributed by atoms with Gasteiger partial charge in [0.2, 0.25) is 0 Å². The van der Waals surface area contributed by atoms with Gasteiger partial charge in [-0.05, 0) is 18.1 Å². The van der Waals surface area contributed by atoms with Crippen molar-refractivity contribution in [1.82, 2.24) is 0 Å². The van der Waals surface area contributed by atoms with Gasteiger partial charge in [0.25, 0.3) is 5.69 Å². The van der Waals surface area contributed by atoms with Gasteiger partial charge < -0.3 is 10.8 Å². The maximum atomic E-state index is 10.5. The van der Waals surface area contributed by atoms with Crippen molar-refractivity contribution < 1.29 is 10.0 Å². The number of rotatable bonds is 3. The van der Waals surface area contributed by atoms with Gasteiger partial charge >= 0.3 is 0 Å². The number of nitro benzene ring substituents is 1. The number of aliphatic hydroxyl groups is 1. The van der Waals surface area contributed by atoms with Gasteiger partial charge in [0, 0.05) is 17.7 Å². The van der Waals surface area contributed by atoms with Gasteiger partial charge in [0.15, 0.2) is 0 Å². The number of nitrogen functional groups attached to an aromatic ring is 1. The summed E-state index contributed by atoms with van der Waals surface area (Å²) in [5.74, 6) is 0. The molecule has 14 heavy (non-hydrogen) atoms. The Morgan fingerprint density at radius 3 is 2.71 bits per heavy atom. The molecule has 0 fully saturated rings. The Kier molecular flexibility index (Phi) is 3.27. The van der Waals surface area contributed by atoms with Crippen LogP contribution in [-0.2, 0) is 6.42 Å². The molecule has 0 heterocycles. The zero-order chi connectivity index (χ0) is 10.7. The highest BCUT2D eigenvalue weighted by atomic mass is 35.5. The van der Waals surface area contributed by atoms with Crippen molar-refractivity contribution in [2.24, 2.45) is 0 Å². The molecular weight excluding hydrogens is 208 g/mol. The van der Waals surface area contributed by atoms with Crippen molar-refractivity contribution in [2.45, 2.75) is 6.42 Å². The standard InChI is InChI=1S/C8H9ClN2O3/c9-6-4-7(10)8(11(13)14)3-5(6)1-2-12/h3-4,12H,1-2,10H2. The van der Waals surface area contributed by atoms with E-state index in [1.807, 2.05) is 0 Å². The number of nitrogens with two attached hydrogens (primary N) is 1. The van der Waals surface area contributed by atoms with Crippen LogP contribution in [0.1, 0.15) is 5.56 Å². The lowest BCUT2D eigenvalue weighted by Gasteiger charge is -2.04. The van der Waals surface area contributed by atoms with Crippen LogP contribution in [0.4, 0.5) is 11.4 Å². The van der Waals surface area contributed by atoms with Crippen molar-refractivity contribution in [3.63, 3.8) is 0 Å². The SMILES string of the molecule is Nc1cc(Cl)c(CCO)cc1[N+](=O)[O-]. The molecule has 6 heteroatoms. The highest BCUT2D eigenvalue weighted by molar-refractivity contribution is 6.31. The summed E-state index contributed by atoms with van der Waals surface area (Å²) in [4.78, 5) is 9.93. The quantitative estimate of drug-likeness (QED) is 0.454. The third-order valence-electron chi connectivity index (χ3n) is 1.77. The van der Waals surface area contributed by atoms with E-state index in [2.05, 4.69) is 0 Å². The lowest BCUT2D eigenvalue weighted by atomic mass is 10.1. The van der Waals surface area contributed by atoms with Crippen molar-refractivity contribution in [1.29, 1.82) is 0 Å². The zero-order valence-electron chi connectivity index (χ0n) is 7.24. The van der Waals surface area contributed by atoms with Crippen LogP contribution in [-0.4, -0.2) is 16.6 Å². The summed E-state index contributed by atoms with van der Waals surface area (Å²) in [5.41, 5.74) is 5.77. The van der Waals surface area contributed by atoms with E-state index in [-0.39, 0.29) is 24.4 Å². The summed E-state index contributed by atoms with van der Waals surface area (Å²) < 4.78 is 0. The van der Waals surface area contributed by atoms with Crippen LogP contribution in [0.3, 0.4) is 0 Å². The number of hydrogen-bond acceptors (Lipinski definition) is 4. The molecule has 0 aliphatic carbocycles. The van der Waals surface area contributed by atoms with Crippen LogP contribution in [0, 0.1) is 10.1 Å². The monoisotopic (exact) mass is 216 g/mol. The Bertz CT molecular complexity index is 368. The molecule has 0 atom stereocenters. The second kappa shape index (κ2) is 4.26. The third kappa shape index (κ3) is 2.12. The molecule has 1 rings (SSSR count). The topological polar surface area (TPSA) is 89.4 Å². The molecule has 0 unspecified atom stereocenters. The minimum Gasteiger partial charge on any atom is -0.396 e. The molecule has 0 radical (unpaired) electrons. The average molecular weight is 217 g/mol. The van der Waals surface area contributed by atoms with Gasteiger partial charge in [-0.2, -0.15) is 0 Å². The van der Waals surface area contributed by atoms with E-state index < -0.39 is 4.92 Å². The number of benzene rings is 1. The van der Waals surface area contributed by atoms with E-state index in [1.54, 1.807) is 0 Å². The van der Waals surface area contributed by atoms with Gasteiger partial charge in [0.05, 0.1) is 4.92 Å². The summed E-state index contributed by atoms with van der Waals surface area (Å²) in [6.45, 7) is -0.110. The molecule has 1 aromatic carbocycles. The van der Waals surface area contributed by atoms with Gasteiger partial charge in [-0.1, -0.05) is 11.6 Å². The smallest absolute Gasteiger partial charge is 0.292 e. The lowest BCUT2D eigenvalue weighted by Crippen LogP contribution is -1.99. The predicted molar refractivity (Wildman–Crippen MR) is 53.3 cm³/mol. The van der Waals surface area contributed by atoms with E-state index in [0.29, 0.717) is 10.6 Å². The van der Waals surface area contributed by atoms with E-state index in [0.717, 1.165) is 0 Å². The molecule has 0 aromatic heterocycles. The van der Waals surface area contributed by atoms with E-state index in [9.17, 15) is 10.1 Å². The minimum absolute atomic E-state index is 0.0293. The molecule has 3 N–H and O–H groups in total. The number of hydrogen-bond donors (Lipinski definition) is 2. The highest BCUT2D eigenvalue weighted by Crippen LogP contribution is 2.28. The molecule has 0 saturated carbocycles. The maximum Gasteiger partial charge on any atom is 0.292 e. The fourth-order valence-corrected chi connectivity index (χ4v) is 1.36. The van der Waals surface area contributed by atoms with Crippen LogP contribution >= 0.6 is 11.6 Å². The normalized spacial score (nSPS) is 10.1. The number of halogens is 1. The van der Waals surface area contributed by atoms with Gasteiger partial charge in [-0.15, -0.1) is 0 Å². The molecule has 0 bridgehead atoms. The molecular formula is C8H9ClN2O3. The summed E-state index contributed by atoms with van der Waals surface area (Å²) in [7, 11) is 0. The van der Waals surface area contributed by atoms with Crippen LogP contribution in [0.5, 0.6) is 0 Å². The fourth-order valence-electron chi connectivity index (χ4n) is 1.09. The molecule has 0 saturated heterocycles. The molecule has 76 valence electrons. The summed E-state index contributed by atoms with van der Waals surface area (Å²) in [6, 6.07) is 2.61. The van der Waals surface area contributed by atoms with Crippen molar-refractivity contribution in [3.8, 4) is 0 Å². The second-order valence-electron chi connectivity index (χ2n) is 2.73. The number of nitrogens with zero attached hydrogens (tertiary/aromatic N) is 1. The molecule has 0 aliphatic heterocycles. The average Bonchev–Trinajstić information content (AvgIpc) is 2.09. The molecule has 0 spiro atoms. The van der Waals surface area contributed by atoms with E-state index >= 15 is 0 Å². The third-order valence-corrected chi connectivity index (χ3v) is 2.13. The van der Waals surface area contributed by atoms with E-state index in [1.165, 1.54) is 12.1 Å². The number of nitro groups is 1. The van der Waals surface area contributed by atoms with Crippen LogP contribution in [0.25, 0.3) is 0 Å². The number of anilines is 1. The molecule has 1 aromatic rings. The van der Waals surface area contributed by atoms with Crippen molar-refractivity contribution in [3.05, 3.63) is 32.8 Å². The Morgan fingerprint density at radius 2 is 2.21 bits per heavy atom. The Hall–Kier alpha value is -1.33. The zero-order valence-corrected chi connectivity index (χ0v) is 7.99. The van der Waals surface area contributed by atoms with Crippen molar-refractivity contribution >= 4 is 23.0 Å². The Balaban J connectivity index is 3.20. The summed E-state index contributed by atoms with van der Waals surface area (Å²) >= 11 is 5.77. The van der Waals surface area contributed by atoms with E-state index in [4.69, 9.17) is 22.4 Å². The first-order valence-electron chi connectivity index (χ1n) is 3.89. The van der Waals surface area contributed by atoms with Crippen LogP contribution in [0.15, 0.2) is 12.1 Å². The molecule has 0 amide bonds. The fraction of sp³-hybridized carbons (Fsp3) is 0.250. The van der Waals surface area contributed by atoms with Gasteiger partial charge in [-0.25, -0.2) is 0 Å². The highest BCUT2D eigenvalue weighted by Gasteiger charge is 2.14. The summed E-state index contributed by atoms with van der Waals surface area (Å²) in [5, 5.41) is 19.5. The summed E-state index contributed by atoms with van der Waals surface area (Å²) in [6.07, 6.45) is 0.278. The van der Waals surface area contributed by atoms with Crippen LogP contribution < -0.4 is 5.73 Å². The van der Waals surface area contributed by atoms with Gasteiger partial charge in [0.1, 0.15) is 5.69 Å². The van der Waals surface area contributed by atoms with Crippen LogP contribution in [0.2, 0.25) is 5.02 Å². The first kappa shape index (κ1) is 10.7. The second-order valence-corrected chi connectivity index (χ2v) is 3.14. The largest absolute Gasteiger partial charge is 0.396 e. The first-order valence-corrected chi connectivity index (χ1v) is 4.27. The lowest BCUT2D eigenvalue weighted by molar-refractivity contribution is -0.384. The Labute approximate surface area is 85.3 Å². The predicted octanol–water partition coefficient (Wildman–Crippen LogP) is 1.37. The molecule has 0 aliphatic rings. The Morgan fingerprint density at radius 1 is 1.57 bits per heavy atom. The molecule has 5 nitrogen and oxygen atoms in total. The van der Waals surface area contributed by atoms with Gasteiger partial charge in [-0.3, -0.25) is 10.1 Å². The first-order chi connectivity index (χ1) is 6.56.